The molecule has 0 atom stereocenters. The maximum Gasteiger partial charge on any atom is 0.263 e. The predicted molar refractivity (Wildman–Crippen MR) is 128 cm³/mol. The highest BCUT2D eigenvalue weighted by Crippen LogP contribution is 2.24. The Kier molecular flexibility index (Phi) is 5.36. The summed E-state index contributed by atoms with van der Waals surface area (Å²) in [6.07, 6.45) is 3.90. The number of nitrogens with one attached hydrogen (secondary N) is 2. The lowest BCUT2D eigenvalue weighted by Crippen LogP contribution is -2.41. The molecule has 0 unspecified atom stereocenters. The molecule has 8 nitrogen and oxygen atoms in total. The minimum atomic E-state index is -0.222. The summed E-state index contributed by atoms with van der Waals surface area (Å²) >= 11 is 0. The van der Waals surface area contributed by atoms with Crippen molar-refractivity contribution >= 4 is 28.4 Å². The van der Waals surface area contributed by atoms with Gasteiger partial charge in [0.15, 0.2) is 5.65 Å². The zero-order valence-corrected chi connectivity index (χ0v) is 18.3. The molecule has 0 bridgehead atoms. The van der Waals surface area contributed by atoms with E-state index in [1.807, 2.05) is 42.5 Å². The lowest BCUT2D eigenvalue weighted by molar-refractivity contribution is 0.249. The number of hydrogen-bond acceptors (Lipinski definition) is 6. The van der Waals surface area contributed by atoms with Crippen LogP contribution in [0.3, 0.4) is 0 Å². The monoisotopic (exact) mass is 429 g/mol. The van der Waals surface area contributed by atoms with Gasteiger partial charge in [-0.25, -0.2) is 4.68 Å². The molecular formula is C24H27N7O. The van der Waals surface area contributed by atoms with Crippen LogP contribution in [0.5, 0.6) is 0 Å². The fourth-order valence-electron chi connectivity index (χ4n) is 4.27. The van der Waals surface area contributed by atoms with Crippen LogP contribution in [0.1, 0.15) is 12.8 Å². The second kappa shape index (κ2) is 8.47. The zero-order chi connectivity index (χ0) is 22.1. The highest BCUT2D eigenvalue weighted by atomic mass is 16.1. The van der Waals surface area contributed by atoms with E-state index in [1.165, 1.54) is 18.5 Å². The number of nitrogens with zero attached hydrogens (tertiary/aromatic N) is 5. The van der Waals surface area contributed by atoms with Crippen molar-refractivity contribution in [3.05, 3.63) is 71.1 Å². The van der Waals surface area contributed by atoms with Gasteiger partial charge in [-0.3, -0.25) is 9.78 Å². The van der Waals surface area contributed by atoms with Gasteiger partial charge < -0.3 is 15.1 Å². The summed E-state index contributed by atoms with van der Waals surface area (Å²) in [6, 6.07) is 18.6. The largest absolute Gasteiger partial charge is 0.371 e. The third-order valence-corrected chi connectivity index (χ3v) is 6.13. The van der Waals surface area contributed by atoms with Gasteiger partial charge in [0, 0.05) is 30.5 Å². The van der Waals surface area contributed by atoms with Gasteiger partial charge >= 0.3 is 0 Å². The summed E-state index contributed by atoms with van der Waals surface area (Å²) in [5, 5.41) is 8.03. The molecule has 164 valence electrons. The number of aromatic amines is 1. The van der Waals surface area contributed by atoms with Gasteiger partial charge in [0.1, 0.15) is 5.39 Å². The Hall–Kier alpha value is -3.65. The molecular weight excluding hydrogens is 402 g/mol. The number of para-hydroxylation sites is 1. The van der Waals surface area contributed by atoms with Crippen LogP contribution in [0.25, 0.3) is 16.7 Å². The lowest BCUT2D eigenvalue weighted by Gasteiger charge is -2.36. The summed E-state index contributed by atoms with van der Waals surface area (Å²) in [5.41, 5.74) is 3.23. The first kappa shape index (κ1) is 20.3. The molecule has 2 aromatic carbocycles. The molecule has 4 aromatic rings. The van der Waals surface area contributed by atoms with Gasteiger partial charge in [-0.1, -0.05) is 18.2 Å². The normalized spacial score (nSPS) is 14.9. The molecule has 1 aliphatic rings. The lowest BCUT2D eigenvalue weighted by atomic mass is 10.0. The van der Waals surface area contributed by atoms with E-state index in [-0.39, 0.29) is 5.56 Å². The van der Waals surface area contributed by atoms with Crippen LogP contribution in [0.2, 0.25) is 0 Å². The van der Waals surface area contributed by atoms with Crippen LogP contribution in [-0.4, -0.2) is 57.9 Å². The molecule has 1 fully saturated rings. The van der Waals surface area contributed by atoms with Crippen molar-refractivity contribution in [1.82, 2.24) is 24.6 Å². The third-order valence-electron chi connectivity index (χ3n) is 6.13. The van der Waals surface area contributed by atoms with Crippen molar-refractivity contribution in [2.45, 2.75) is 18.9 Å². The average Bonchev–Trinajstić information content (AvgIpc) is 3.25. The first-order valence-electron chi connectivity index (χ1n) is 10.9. The highest BCUT2D eigenvalue weighted by Gasteiger charge is 2.20. The molecule has 0 amide bonds. The Bertz CT molecular complexity index is 1250. The van der Waals surface area contributed by atoms with E-state index in [0.29, 0.717) is 23.0 Å². The number of rotatable bonds is 5. The Balaban J connectivity index is 1.35. The third kappa shape index (κ3) is 3.97. The van der Waals surface area contributed by atoms with Crippen LogP contribution >= 0.6 is 0 Å². The van der Waals surface area contributed by atoms with Crippen molar-refractivity contribution in [1.29, 1.82) is 0 Å². The van der Waals surface area contributed by atoms with Crippen molar-refractivity contribution < 1.29 is 0 Å². The summed E-state index contributed by atoms with van der Waals surface area (Å²) in [7, 11) is 4.31. The van der Waals surface area contributed by atoms with E-state index < -0.39 is 0 Å². The van der Waals surface area contributed by atoms with Gasteiger partial charge in [0.2, 0.25) is 5.95 Å². The number of benzene rings is 2. The van der Waals surface area contributed by atoms with E-state index in [9.17, 15) is 4.79 Å². The van der Waals surface area contributed by atoms with Gasteiger partial charge in [-0.05, 0) is 63.3 Å². The number of piperidine rings is 1. The van der Waals surface area contributed by atoms with Gasteiger partial charge in [-0.2, -0.15) is 10.1 Å². The van der Waals surface area contributed by atoms with Crippen molar-refractivity contribution in [3.8, 4) is 5.69 Å². The standard InChI is InChI=1S/C24H27N7O/c1-29(2)18-12-14-30(15-13-18)19-10-8-17(9-11-19)26-24-27-22-21(23(32)28-24)16-25-31(22)20-6-4-3-5-7-20/h3-11,16,18H,12-15H2,1-2H3,(H2,26,27,28,32). The van der Waals surface area contributed by atoms with Crippen molar-refractivity contribution in [3.63, 3.8) is 0 Å². The zero-order valence-electron chi connectivity index (χ0n) is 18.3. The maximum atomic E-state index is 12.6. The summed E-state index contributed by atoms with van der Waals surface area (Å²) in [6.45, 7) is 2.12. The number of hydrogen-bond donors (Lipinski definition) is 2. The van der Waals surface area contributed by atoms with Gasteiger partial charge in [-0.15, -0.1) is 0 Å². The first-order valence-corrected chi connectivity index (χ1v) is 10.9. The number of anilines is 3. The Labute approximate surface area is 186 Å². The number of H-pyrrole nitrogens is 1. The van der Waals surface area contributed by atoms with Crippen LogP contribution in [-0.2, 0) is 0 Å². The predicted octanol–water partition coefficient (Wildman–Crippen LogP) is 3.38. The fourth-order valence-corrected chi connectivity index (χ4v) is 4.27. The molecule has 2 N–H and O–H groups in total. The van der Waals surface area contributed by atoms with E-state index in [4.69, 9.17) is 0 Å². The molecule has 1 aliphatic heterocycles. The molecule has 2 aromatic heterocycles. The molecule has 0 aliphatic carbocycles. The molecule has 0 saturated carbocycles. The Morgan fingerprint density at radius 2 is 1.72 bits per heavy atom. The number of fused-ring (bicyclic) bond motifs is 1. The minimum Gasteiger partial charge on any atom is -0.371 e. The van der Waals surface area contributed by atoms with E-state index in [1.54, 1.807) is 10.9 Å². The maximum absolute atomic E-state index is 12.6. The average molecular weight is 430 g/mol. The minimum absolute atomic E-state index is 0.222. The SMILES string of the molecule is CN(C)C1CCN(c2ccc(Nc3nc4c(cnn4-c4ccccc4)c(=O)[nH]3)cc2)CC1. The van der Waals surface area contributed by atoms with E-state index in [2.05, 4.69) is 56.4 Å². The second-order valence-corrected chi connectivity index (χ2v) is 8.40. The Morgan fingerprint density at radius 1 is 1.00 bits per heavy atom. The molecule has 1 saturated heterocycles. The molecule has 0 radical (unpaired) electrons. The van der Waals surface area contributed by atoms with Crippen LogP contribution in [0, 0.1) is 0 Å². The number of aromatic nitrogens is 4. The van der Waals surface area contributed by atoms with Crippen LogP contribution in [0.15, 0.2) is 65.6 Å². The Morgan fingerprint density at radius 3 is 2.41 bits per heavy atom. The fraction of sp³-hybridized carbons (Fsp3) is 0.292. The van der Waals surface area contributed by atoms with Gasteiger partial charge in [0.25, 0.3) is 5.56 Å². The molecule has 0 spiro atoms. The van der Waals surface area contributed by atoms with Crippen molar-refractivity contribution in [2.24, 2.45) is 0 Å². The summed E-state index contributed by atoms with van der Waals surface area (Å²) in [4.78, 5) is 24.7. The molecule has 5 rings (SSSR count). The second-order valence-electron chi connectivity index (χ2n) is 8.40. The molecule has 3 heterocycles. The molecule has 8 heteroatoms. The van der Waals surface area contributed by atoms with Crippen LogP contribution in [0.4, 0.5) is 17.3 Å². The smallest absolute Gasteiger partial charge is 0.263 e. The highest BCUT2D eigenvalue weighted by molar-refractivity contribution is 5.77. The first-order chi connectivity index (χ1) is 15.6. The van der Waals surface area contributed by atoms with E-state index >= 15 is 0 Å². The quantitative estimate of drug-likeness (QED) is 0.506. The van der Waals surface area contributed by atoms with Crippen molar-refractivity contribution in [2.75, 3.05) is 37.4 Å². The topological polar surface area (TPSA) is 82.1 Å². The molecule has 32 heavy (non-hydrogen) atoms. The van der Waals surface area contributed by atoms with Gasteiger partial charge in [0.05, 0.1) is 11.9 Å². The summed E-state index contributed by atoms with van der Waals surface area (Å²) < 4.78 is 1.68. The van der Waals surface area contributed by atoms with E-state index in [0.717, 1.165) is 24.5 Å². The summed E-state index contributed by atoms with van der Waals surface area (Å²) in [5.74, 6) is 0.389. The van der Waals surface area contributed by atoms with Crippen LogP contribution < -0.4 is 15.8 Å².